The number of nitrogens with zero attached hydrogens (tertiary/aromatic N) is 2. The molecule has 0 aromatic heterocycles. The lowest BCUT2D eigenvalue weighted by Crippen LogP contribution is -2.43. The molecule has 0 saturated carbocycles. The number of aryl methyl sites for hydroxylation is 3. The van der Waals surface area contributed by atoms with Gasteiger partial charge < -0.3 is 9.57 Å². The van der Waals surface area contributed by atoms with Crippen molar-refractivity contribution in [3.63, 3.8) is 0 Å². The van der Waals surface area contributed by atoms with E-state index in [1.54, 1.807) is 0 Å². The molecule has 0 spiro atoms. The Morgan fingerprint density at radius 3 is 2.48 bits per heavy atom. The highest BCUT2D eigenvalue weighted by Gasteiger charge is 2.43. The number of oxime groups is 1. The van der Waals surface area contributed by atoms with Crippen LogP contribution >= 0.6 is 0 Å². The minimum atomic E-state index is -0.782. The first-order chi connectivity index (χ1) is 10.9. The van der Waals surface area contributed by atoms with Crippen LogP contribution in [0.1, 0.15) is 29.2 Å². The van der Waals surface area contributed by atoms with Crippen molar-refractivity contribution in [2.24, 2.45) is 11.1 Å². The second-order valence-electron chi connectivity index (χ2n) is 6.17. The molecule has 6 heteroatoms. The van der Waals surface area contributed by atoms with Crippen LogP contribution in [0.15, 0.2) is 17.3 Å². The van der Waals surface area contributed by atoms with Crippen LogP contribution in [0.2, 0.25) is 0 Å². The van der Waals surface area contributed by atoms with Crippen LogP contribution in [-0.2, 0) is 14.4 Å². The number of ether oxygens (including phenoxy) is 1. The molecule has 1 aromatic rings. The summed E-state index contributed by atoms with van der Waals surface area (Å²) in [5.41, 5.74) is 5.16. The Bertz CT molecular complexity index is 688. The number of amides is 2. The Labute approximate surface area is 135 Å². The summed E-state index contributed by atoms with van der Waals surface area (Å²) in [4.78, 5) is 30.5. The molecular weight excluding hydrogens is 296 g/mol. The van der Waals surface area contributed by atoms with Crippen molar-refractivity contribution < 1.29 is 19.2 Å². The van der Waals surface area contributed by atoms with Gasteiger partial charge in [-0.1, -0.05) is 29.8 Å². The zero-order valence-electron chi connectivity index (χ0n) is 13.8. The minimum absolute atomic E-state index is 0.226. The molecule has 2 aliphatic rings. The van der Waals surface area contributed by atoms with E-state index in [4.69, 9.17) is 9.57 Å². The molecule has 23 heavy (non-hydrogen) atoms. The van der Waals surface area contributed by atoms with Gasteiger partial charge in [0.25, 0.3) is 5.91 Å². The van der Waals surface area contributed by atoms with Gasteiger partial charge in [-0.3, -0.25) is 4.79 Å². The number of hydrogen-bond acceptors (Lipinski definition) is 5. The Kier molecular flexibility index (Phi) is 3.83. The number of cyclic esters (lactones) is 1. The predicted octanol–water partition coefficient (Wildman–Crippen LogP) is 2.33. The number of hydrogen-bond donors (Lipinski definition) is 0. The molecule has 2 amide bonds. The van der Waals surface area contributed by atoms with Crippen LogP contribution < -0.4 is 0 Å². The SMILES string of the molecule is Cc1cc(C)c(C2=NO[C@H](C(=O)N3CCOC3=O)[C@H]2C)c(C)c1. The van der Waals surface area contributed by atoms with E-state index in [9.17, 15) is 9.59 Å². The van der Waals surface area contributed by atoms with Crippen molar-refractivity contribution in [2.75, 3.05) is 13.2 Å². The highest BCUT2D eigenvalue weighted by atomic mass is 16.6. The van der Waals surface area contributed by atoms with E-state index in [-0.39, 0.29) is 25.0 Å². The van der Waals surface area contributed by atoms with Gasteiger partial charge >= 0.3 is 6.09 Å². The largest absolute Gasteiger partial charge is 0.447 e. The number of carbonyl (C=O) groups is 2. The predicted molar refractivity (Wildman–Crippen MR) is 84.3 cm³/mol. The fraction of sp³-hybridized carbons (Fsp3) is 0.471. The lowest BCUT2D eigenvalue weighted by atomic mass is 9.88. The molecule has 122 valence electrons. The second kappa shape index (κ2) is 5.68. The molecule has 2 atom stereocenters. The quantitative estimate of drug-likeness (QED) is 0.840. The molecule has 1 saturated heterocycles. The molecule has 3 rings (SSSR count). The molecule has 0 bridgehead atoms. The zero-order valence-corrected chi connectivity index (χ0v) is 13.8. The van der Waals surface area contributed by atoms with Gasteiger partial charge in [-0.05, 0) is 31.9 Å². The van der Waals surface area contributed by atoms with Crippen LogP contribution in [0.25, 0.3) is 0 Å². The molecule has 2 aliphatic heterocycles. The van der Waals surface area contributed by atoms with Crippen molar-refractivity contribution in [3.05, 3.63) is 34.4 Å². The Hall–Kier alpha value is -2.37. The number of carbonyl (C=O) groups excluding carboxylic acids is 2. The summed E-state index contributed by atoms with van der Waals surface area (Å²) in [7, 11) is 0. The summed E-state index contributed by atoms with van der Waals surface area (Å²) in [5.74, 6) is -0.614. The van der Waals surface area contributed by atoms with Gasteiger partial charge in [-0.2, -0.15) is 0 Å². The third-order valence-electron chi connectivity index (χ3n) is 4.35. The second-order valence-corrected chi connectivity index (χ2v) is 6.17. The van der Waals surface area contributed by atoms with Crippen molar-refractivity contribution >= 4 is 17.7 Å². The standard InChI is InChI=1S/C17H20N2O4/c1-9-7-10(2)13(11(3)8-9)14-12(4)15(23-18-14)16(20)19-5-6-22-17(19)21/h7-8,12,15H,5-6H2,1-4H3/t12-,15-/m0/s1. The normalized spacial score (nSPS) is 23.6. The molecule has 0 aliphatic carbocycles. The molecule has 6 nitrogen and oxygen atoms in total. The van der Waals surface area contributed by atoms with Gasteiger partial charge in [-0.15, -0.1) is 0 Å². The van der Waals surface area contributed by atoms with Crippen molar-refractivity contribution in [3.8, 4) is 0 Å². The smallest absolute Gasteiger partial charge is 0.416 e. The maximum absolute atomic E-state index is 12.5. The fourth-order valence-electron chi connectivity index (χ4n) is 3.29. The molecule has 0 radical (unpaired) electrons. The summed E-state index contributed by atoms with van der Waals surface area (Å²) >= 11 is 0. The third-order valence-corrected chi connectivity index (χ3v) is 4.35. The van der Waals surface area contributed by atoms with Crippen LogP contribution in [0, 0.1) is 26.7 Å². The lowest BCUT2D eigenvalue weighted by Gasteiger charge is -2.19. The zero-order chi connectivity index (χ0) is 16.7. The van der Waals surface area contributed by atoms with Gasteiger partial charge in [0.1, 0.15) is 6.61 Å². The molecular formula is C17H20N2O4. The van der Waals surface area contributed by atoms with Crippen LogP contribution in [-0.4, -0.2) is 41.9 Å². The first kappa shape index (κ1) is 15.5. The van der Waals surface area contributed by atoms with E-state index >= 15 is 0 Å². The van der Waals surface area contributed by atoms with E-state index in [1.165, 1.54) is 5.56 Å². The van der Waals surface area contributed by atoms with Gasteiger partial charge in [0.15, 0.2) is 0 Å². The average Bonchev–Trinajstić information content (AvgIpc) is 3.04. The monoisotopic (exact) mass is 316 g/mol. The maximum atomic E-state index is 12.5. The summed E-state index contributed by atoms with van der Waals surface area (Å²) in [6.07, 6.45) is -1.39. The van der Waals surface area contributed by atoms with E-state index in [1.807, 2.05) is 27.7 Å². The summed E-state index contributed by atoms with van der Waals surface area (Å²) in [6, 6.07) is 4.18. The Balaban J connectivity index is 1.86. The van der Waals surface area contributed by atoms with Gasteiger partial charge in [0.05, 0.1) is 18.2 Å². The molecule has 1 aromatic carbocycles. The first-order valence-electron chi connectivity index (χ1n) is 7.70. The topological polar surface area (TPSA) is 68.2 Å². The molecule has 1 fully saturated rings. The summed E-state index contributed by atoms with van der Waals surface area (Å²) in [6.45, 7) is 8.49. The van der Waals surface area contributed by atoms with E-state index in [2.05, 4.69) is 17.3 Å². The van der Waals surface area contributed by atoms with Crippen molar-refractivity contribution in [2.45, 2.75) is 33.8 Å². The van der Waals surface area contributed by atoms with Crippen LogP contribution in [0.3, 0.4) is 0 Å². The van der Waals surface area contributed by atoms with Gasteiger partial charge in [0, 0.05) is 5.56 Å². The number of rotatable bonds is 2. The van der Waals surface area contributed by atoms with E-state index < -0.39 is 12.2 Å². The van der Waals surface area contributed by atoms with Crippen LogP contribution in [0.4, 0.5) is 4.79 Å². The van der Waals surface area contributed by atoms with Crippen molar-refractivity contribution in [1.29, 1.82) is 0 Å². The Morgan fingerprint density at radius 1 is 1.26 bits per heavy atom. The van der Waals surface area contributed by atoms with Crippen molar-refractivity contribution in [1.82, 2.24) is 4.90 Å². The molecule has 0 N–H and O–H groups in total. The third kappa shape index (κ3) is 2.58. The molecule has 2 heterocycles. The summed E-state index contributed by atoms with van der Waals surface area (Å²) in [5, 5.41) is 4.15. The van der Waals surface area contributed by atoms with Crippen LogP contribution in [0.5, 0.6) is 0 Å². The van der Waals surface area contributed by atoms with E-state index in [0.717, 1.165) is 27.3 Å². The van der Waals surface area contributed by atoms with Gasteiger partial charge in [0.2, 0.25) is 6.10 Å². The first-order valence-corrected chi connectivity index (χ1v) is 7.70. The minimum Gasteiger partial charge on any atom is -0.447 e. The highest BCUT2D eigenvalue weighted by molar-refractivity contribution is 6.08. The highest BCUT2D eigenvalue weighted by Crippen LogP contribution is 2.29. The van der Waals surface area contributed by atoms with Gasteiger partial charge in [-0.25, -0.2) is 9.69 Å². The Morgan fingerprint density at radius 2 is 1.91 bits per heavy atom. The summed E-state index contributed by atoms with van der Waals surface area (Å²) < 4.78 is 4.82. The maximum Gasteiger partial charge on any atom is 0.416 e. The number of imide groups is 1. The molecule has 0 unspecified atom stereocenters. The average molecular weight is 316 g/mol. The van der Waals surface area contributed by atoms with E-state index in [0.29, 0.717) is 0 Å². The lowest BCUT2D eigenvalue weighted by molar-refractivity contribution is -0.140. The fourth-order valence-corrected chi connectivity index (χ4v) is 3.29. The number of benzene rings is 1.